The molecule has 23 heavy (non-hydrogen) atoms. The van der Waals surface area contributed by atoms with Crippen LogP contribution in [0.15, 0.2) is 48.5 Å². The van der Waals surface area contributed by atoms with Gasteiger partial charge in [0, 0.05) is 5.56 Å². The standard InChI is InChI=1S/C16H11FN4OS/c1-22-13-9-5-3-7-11(13)14-18-19-16-21(14)20-15(23-16)10-6-2-4-8-12(10)17/h2-9H,1H3. The van der Waals surface area contributed by atoms with Crippen molar-refractivity contribution in [3.05, 3.63) is 54.3 Å². The van der Waals surface area contributed by atoms with Crippen LogP contribution in [0.4, 0.5) is 4.39 Å². The highest BCUT2D eigenvalue weighted by atomic mass is 32.1. The predicted octanol–water partition coefficient (Wildman–Crippen LogP) is 3.67. The minimum Gasteiger partial charge on any atom is -0.496 e. The van der Waals surface area contributed by atoms with Gasteiger partial charge in [-0.1, -0.05) is 35.6 Å². The summed E-state index contributed by atoms with van der Waals surface area (Å²) in [5, 5.41) is 13.3. The summed E-state index contributed by atoms with van der Waals surface area (Å²) in [5.74, 6) is 0.940. The lowest BCUT2D eigenvalue weighted by atomic mass is 10.2. The van der Waals surface area contributed by atoms with Gasteiger partial charge in [-0.25, -0.2) is 4.39 Å². The minimum absolute atomic E-state index is 0.309. The molecule has 0 aliphatic carbocycles. The largest absolute Gasteiger partial charge is 0.496 e. The molecule has 0 atom stereocenters. The Bertz CT molecular complexity index is 995. The second-order valence-corrected chi connectivity index (χ2v) is 5.76. The van der Waals surface area contributed by atoms with E-state index in [9.17, 15) is 4.39 Å². The first-order chi connectivity index (χ1) is 11.3. The van der Waals surface area contributed by atoms with Crippen LogP contribution in [0, 0.1) is 5.82 Å². The second kappa shape index (κ2) is 5.44. The number of methoxy groups -OCH3 is 1. The topological polar surface area (TPSA) is 52.3 Å². The van der Waals surface area contributed by atoms with Gasteiger partial charge in [0.05, 0.1) is 12.7 Å². The summed E-state index contributed by atoms with van der Waals surface area (Å²) in [4.78, 5) is 0.601. The van der Waals surface area contributed by atoms with Crippen LogP contribution in [-0.2, 0) is 0 Å². The first kappa shape index (κ1) is 13.8. The number of fused-ring (bicyclic) bond motifs is 1. The molecule has 5 nitrogen and oxygen atoms in total. The van der Waals surface area contributed by atoms with E-state index >= 15 is 0 Å². The summed E-state index contributed by atoms with van der Waals surface area (Å²) in [6, 6.07) is 14.1. The first-order valence-corrected chi connectivity index (χ1v) is 7.70. The average molecular weight is 326 g/mol. The van der Waals surface area contributed by atoms with Crippen LogP contribution in [0.5, 0.6) is 5.75 Å². The maximum Gasteiger partial charge on any atom is 0.235 e. The number of hydrogen-bond acceptors (Lipinski definition) is 5. The van der Waals surface area contributed by atoms with E-state index < -0.39 is 0 Å². The van der Waals surface area contributed by atoms with Gasteiger partial charge < -0.3 is 4.74 Å². The van der Waals surface area contributed by atoms with Gasteiger partial charge >= 0.3 is 0 Å². The van der Waals surface area contributed by atoms with Crippen LogP contribution in [0.2, 0.25) is 0 Å². The number of para-hydroxylation sites is 1. The number of rotatable bonds is 3. The Labute approximate surface area is 135 Å². The molecule has 2 heterocycles. The molecular weight excluding hydrogens is 315 g/mol. The zero-order valence-electron chi connectivity index (χ0n) is 12.1. The number of nitrogens with zero attached hydrogens (tertiary/aromatic N) is 4. The van der Waals surface area contributed by atoms with Crippen molar-refractivity contribution < 1.29 is 9.13 Å². The molecule has 0 spiro atoms. The van der Waals surface area contributed by atoms with Gasteiger partial charge in [-0.15, -0.1) is 10.2 Å². The Morgan fingerprint density at radius 1 is 1.00 bits per heavy atom. The SMILES string of the molecule is COc1ccccc1-c1nnc2sc(-c3ccccc3F)nn12. The number of aromatic nitrogens is 4. The zero-order chi connectivity index (χ0) is 15.8. The molecule has 114 valence electrons. The Morgan fingerprint density at radius 2 is 1.74 bits per heavy atom. The van der Waals surface area contributed by atoms with Gasteiger partial charge in [-0.3, -0.25) is 0 Å². The van der Waals surface area contributed by atoms with Crippen molar-refractivity contribution in [2.75, 3.05) is 7.11 Å². The van der Waals surface area contributed by atoms with Gasteiger partial charge in [-0.2, -0.15) is 9.61 Å². The summed E-state index contributed by atoms with van der Waals surface area (Å²) in [7, 11) is 1.60. The lowest BCUT2D eigenvalue weighted by Gasteiger charge is -2.04. The number of halogens is 1. The van der Waals surface area contributed by atoms with E-state index in [4.69, 9.17) is 4.74 Å². The number of hydrogen-bond donors (Lipinski definition) is 0. The van der Waals surface area contributed by atoms with Crippen LogP contribution in [0.3, 0.4) is 0 Å². The molecule has 2 aromatic heterocycles. The van der Waals surface area contributed by atoms with E-state index in [1.54, 1.807) is 29.8 Å². The Balaban J connectivity index is 1.89. The fourth-order valence-electron chi connectivity index (χ4n) is 2.36. The van der Waals surface area contributed by atoms with Crippen molar-refractivity contribution in [3.8, 4) is 27.7 Å². The summed E-state index contributed by atoms with van der Waals surface area (Å²) >= 11 is 1.29. The van der Waals surface area contributed by atoms with Crippen molar-refractivity contribution in [1.82, 2.24) is 19.8 Å². The van der Waals surface area contributed by atoms with Crippen molar-refractivity contribution >= 4 is 16.3 Å². The van der Waals surface area contributed by atoms with E-state index in [2.05, 4.69) is 15.3 Å². The third-order valence-corrected chi connectivity index (χ3v) is 4.38. The average Bonchev–Trinajstić information content (AvgIpc) is 3.15. The molecule has 0 aliphatic heterocycles. The molecule has 0 bridgehead atoms. The Kier molecular flexibility index (Phi) is 3.27. The summed E-state index contributed by atoms with van der Waals surface area (Å²) < 4.78 is 20.9. The normalized spacial score (nSPS) is 11.0. The molecule has 0 fully saturated rings. The van der Waals surface area contributed by atoms with Gasteiger partial charge in [0.1, 0.15) is 11.6 Å². The Hall–Kier alpha value is -2.80. The van der Waals surface area contributed by atoms with Gasteiger partial charge in [0.15, 0.2) is 10.8 Å². The zero-order valence-corrected chi connectivity index (χ0v) is 12.9. The van der Waals surface area contributed by atoms with Gasteiger partial charge in [-0.05, 0) is 24.3 Å². The number of benzene rings is 2. The molecule has 0 N–H and O–H groups in total. The highest BCUT2D eigenvalue weighted by Crippen LogP contribution is 2.32. The predicted molar refractivity (Wildman–Crippen MR) is 86.0 cm³/mol. The third kappa shape index (κ3) is 2.25. The maximum atomic E-state index is 14.0. The van der Waals surface area contributed by atoms with Crippen molar-refractivity contribution in [1.29, 1.82) is 0 Å². The first-order valence-electron chi connectivity index (χ1n) is 6.88. The van der Waals surface area contributed by atoms with Crippen LogP contribution >= 0.6 is 11.3 Å². The molecule has 0 saturated heterocycles. The van der Waals surface area contributed by atoms with Crippen molar-refractivity contribution in [2.45, 2.75) is 0 Å². The molecule has 7 heteroatoms. The van der Waals surface area contributed by atoms with Crippen molar-refractivity contribution in [2.24, 2.45) is 0 Å². The molecule has 4 rings (SSSR count). The molecule has 0 unspecified atom stereocenters. The lowest BCUT2D eigenvalue weighted by molar-refractivity contribution is 0.416. The van der Waals surface area contributed by atoms with Gasteiger partial charge in [0.25, 0.3) is 0 Å². The fourth-order valence-corrected chi connectivity index (χ4v) is 3.22. The molecule has 0 amide bonds. The van der Waals surface area contributed by atoms with Crippen molar-refractivity contribution in [3.63, 3.8) is 0 Å². The highest BCUT2D eigenvalue weighted by molar-refractivity contribution is 7.19. The highest BCUT2D eigenvalue weighted by Gasteiger charge is 2.18. The van der Waals surface area contributed by atoms with E-state index in [0.717, 1.165) is 5.56 Å². The lowest BCUT2D eigenvalue weighted by Crippen LogP contribution is -1.94. The van der Waals surface area contributed by atoms with Crippen LogP contribution in [-0.4, -0.2) is 26.9 Å². The second-order valence-electron chi connectivity index (χ2n) is 4.81. The third-order valence-electron chi connectivity index (χ3n) is 3.44. The smallest absolute Gasteiger partial charge is 0.235 e. The molecular formula is C16H11FN4OS. The molecule has 2 aromatic carbocycles. The quantitative estimate of drug-likeness (QED) is 0.576. The van der Waals surface area contributed by atoms with E-state index in [1.165, 1.54) is 17.4 Å². The van der Waals surface area contributed by atoms with Gasteiger partial charge in [0.2, 0.25) is 4.96 Å². The Morgan fingerprint density at radius 3 is 2.52 bits per heavy atom. The van der Waals surface area contributed by atoms with E-state index in [1.807, 2.05) is 24.3 Å². The molecule has 0 aliphatic rings. The monoisotopic (exact) mass is 326 g/mol. The maximum absolute atomic E-state index is 14.0. The molecule has 4 aromatic rings. The summed E-state index contributed by atoms with van der Waals surface area (Å²) in [5.41, 5.74) is 1.24. The minimum atomic E-state index is -0.309. The van der Waals surface area contributed by atoms with Crippen LogP contribution in [0.25, 0.3) is 26.9 Å². The summed E-state index contributed by atoms with van der Waals surface area (Å²) in [6.45, 7) is 0. The van der Waals surface area contributed by atoms with Crippen LogP contribution in [0.1, 0.15) is 0 Å². The number of ether oxygens (including phenoxy) is 1. The van der Waals surface area contributed by atoms with Crippen LogP contribution < -0.4 is 4.74 Å². The molecule has 0 radical (unpaired) electrons. The summed E-state index contributed by atoms with van der Waals surface area (Å²) in [6.07, 6.45) is 0. The fraction of sp³-hybridized carbons (Fsp3) is 0.0625. The van der Waals surface area contributed by atoms with E-state index in [-0.39, 0.29) is 5.82 Å². The van der Waals surface area contributed by atoms with E-state index in [0.29, 0.717) is 27.1 Å². The molecule has 0 saturated carbocycles.